The summed E-state index contributed by atoms with van der Waals surface area (Å²) in [6.45, 7) is 3.96. The fourth-order valence-electron chi connectivity index (χ4n) is 2.59. The zero-order valence-electron chi connectivity index (χ0n) is 15.2. The molecule has 3 rings (SSSR count). The lowest BCUT2D eigenvalue weighted by Crippen LogP contribution is -2.21. The van der Waals surface area contributed by atoms with Crippen molar-refractivity contribution < 1.29 is 19.1 Å². The van der Waals surface area contributed by atoms with Gasteiger partial charge in [0.1, 0.15) is 0 Å². The molecule has 142 valence electrons. The molecule has 1 fully saturated rings. The van der Waals surface area contributed by atoms with Crippen LogP contribution in [-0.4, -0.2) is 29.4 Å². The van der Waals surface area contributed by atoms with E-state index in [2.05, 4.69) is 15.6 Å². The lowest BCUT2D eigenvalue weighted by Gasteiger charge is -2.11. The molecule has 0 spiro atoms. The fourth-order valence-corrected chi connectivity index (χ4v) is 3.30. The highest BCUT2D eigenvalue weighted by molar-refractivity contribution is 7.14. The number of carbonyl (C=O) groups is 3. The van der Waals surface area contributed by atoms with Crippen molar-refractivity contribution in [3.8, 4) is 0 Å². The van der Waals surface area contributed by atoms with Crippen LogP contribution in [0.2, 0.25) is 0 Å². The standard InChI is InChI=1S/C19H21N3O4S/c1-3-26-16(23)9-13-10-27-19(20-13)22-18(25)21-15-7-4-11(2)8-14(15)17(24)12-5-6-12/h4,7-8,10,12H,3,5-6,9H2,1-2H3,(H2,20,21,22,25). The first-order chi connectivity index (χ1) is 13.0. The lowest BCUT2D eigenvalue weighted by molar-refractivity contribution is -0.142. The number of esters is 1. The molecule has 1 aromatic carbocycles. The molecule has 1 saturated carbocycles. The number of rotatable bonds is 7. The van der Waals surface area contributed by atoms with E-state index >= 15 is 0 Å². The van der Waals surface area contributed by atoms with Crippen LogP contribution in [0.5, 0.6) is 0 Å². The number of hydrogen-bond donors (Lipinski definition) is 2. The van der Waals surface area contributed by atoms with E-state index in [1.165, 1.54) is 11.3 Å². The molecule has 1 aliphatic carbocycles. The van der Waals surface area contributed by atoms with Gasteiger partial charge in [0, 0.05) is 16.9 Å². The summed E-state index contributed by atoms with van der Waals surface area (Å²) in [5.41, 5.74) is 2.52. The number of benzene rings is 1. The van der Waals surface area contributed by atoms with Crippen molar-refractivity contribution in [3.05, 3.63) is 40.4 Å². The van der Waals surface area contributed by atoms with Gasteiger partial charge in [-0.25, -0.2) is 9.78 Å². The molecular weight excluding hydrogens is 366 g/mol. The lowest BCUT2D eigenvalue weighted by atomic mass is 10.0. The van der Waals surface area contributed by atoms with E-state index in [-0.39, 0.29) is 24.1 Å². The second-order valence-electron chi connectivity index (χ2n) is 6.39. The van der Waals surface area contributed by atoms with Gasteiger partial charge in [-0.15, -0.1) is 11.3 Å². The summed E-state index contributed by atoms with van der Waals surface area (Å²) >= 11 is 1.22. The third-order valence-electron chi connectivity index (χ3n) is 4.04. The van der Waals surface area contributed by atoms with E-state index < -0.39 is 6.03 Å². The second-order valence-corrected chi connectivity index (χ2v) is 7.25. The van der Waals surface area contributed by atoms with E-state index in [0.717, 1.165) is 18.4 Å². The van der Waals surface area contributed by atoms with Crippen molar-refractivity contribution in [1.29, 1.82) is 0 Å². The number of urea groups is 1. The number of Topliss-reactive ketones (excluding diaryl/α,β-unsaturated/α-hetero) is 1. The highest BCUT2D eigenvalue weighted by atomic mass is 32.1. The maximum Gasteiger partial charge on any atom is 0.325 e. The van der Waals surface area contributed by atoms with Crippen LogP contribution in [0.25, 0.3) is 0 Å². The van der Waals surface area contributed by atoms with Gasteiger partial charge in [0.25, 0.3) is 0 Å². The number of nitrogens with zero attached hydrogens (tertiary/aromatic N) is 1. The molecule has 7 nitrogen and oxygen atoms in total. The summed E-state index contributed by atoms with van der Waals surface area (Å²) < 4.78 is 4.88. The average Bonchev–Trinajstić information content (AvgIpc) is 3.38. The first-order valence-electron chi connectivity index (χ1n) is 8.79. The summed E-state index contributed by atoms with van der Waals surface area (Å²) in [6, 6.07) is 4.90. The van der Waals surface area contributed by atoms with Gasteiger partial charge in [0.15, 0.2) is 10.9 Å². The summed E-state index contributed by atoms with van der Waals surface area (Å²) in [5, 5.41) is 7.42. The Kier molecular flexibility index (Phi) is 5.85. The summed E-state index contributed by atoms with van der Waals surface area (Å²) in [7, 11) is 0. The number of ether oxygens (including phenoxy) is 1. The van der Waals surface area contributed by atoms with Crippen molar-refractivity contribution in [1.82, 2.24) is 4.98 Å². The minimum absolute atomic E-state index is 0.0612. The fraction of sp³-hybridized carbons (Fsp3) is 0.368. The molecule has 2 aromatic rings. The molecule has 0 bridgehead atoms. The predicted octanol–water partition coefficient (Wildman–Crippen LogP) is 3.79. The van der Waals surface area contributed by atoms with Gasteiger partial charge in [-0.3, -0.25) is 14.9 Å². The molecule has 0 unspecified atom stereocenters. The third kappa shape index (κ3) is 5.13. The monoisotopic (exact) mass is 387 g/mol. The zero-order valence-corrected chi connectivity index (χ0v) is 16.0. The molecule has 1 aliphatic rings. The van der Waals surface area contributed by atoms with Gasteiger partial charge in [0.05, 0.1) is 24.4 Å². The molecular formula is C19H21N3O4S. The highest BCUT2D eigenvalue weighted by Gasteiger charge is 2.32. The van der Waals surface area contributed by atoms with Crippen molar-refractivity contribution >= 4 is 39.9 Å². The molecule has 2 amide bonds. The van der Waals surface area contributed by atoms with Gasteiger partial charge in [-0.05, 0) is 38.8 Å². The van der Waals surface area contributed by atoms with E-state index in [4.69, 9.17) is 4.74 Å². The minimum atomic E-state index is -0.485. The molecule has 1 aromatic heterocycles. The Morgan fingerprint density at radius 3 is 2.74 bits per heavy atom. The Morgan fingerprint density at radius 2 is 2.04 bits per heavy atom. The number of ketones is 1. The van der Waals surface area contributed by atoms with Crippen molar-refractivity contribution in [2.45, 2.75) is 33.1 Å². The summed E-state index contributed by atoms with van der Waals surface area (Å²) in [5.74, 6) is -0.221. The second kappa shape index (κ2) is 8.30. The Morgan fingerprint density at radius 1 is 1.26 bits per heavy atom. The van der Waals surface area contributed by atoms with Crippen LogP contribution < -0.4 is 10.6 Å². The van der Waals surface area contributed by atoms with Gasteiger partial charge >= 0.3 is 12.0 Å². The smallest absolute Gasteiger partial charge is 0.325 e. The normalized spacial score (nSPS) is 13.1. The van der Waals surface area contributed by atoms with Gasteiger partial charge in [0.2, 0.25) is 0 Å². The van der Waals surface area contributed by atoms with E-state index in [1.807, 2.05) is 13.0 Å². The molecule has 0 radical (unpaired) electrons. The summed E-state index contributed by atoms with van der Waals surface area (Å²) in [4.78, 5) is 40.4. The number of carbonyl (C=O) groups excluding carboxylic acids is 3. The van der Waals surface area contributed by atoms with Crippen LogP contribution in [0.4, 0.5) is 15.6 Å². The zero-order chi connectivity index (χ0) is 19.4. The Hall–Kier alpha value is -2.74. The Balaban J connectivity index is 1.64. The van der Waals surface area contributed by atoms with Crippen molar-refractivity contribution in [3.63, 3.8) is 0 Å². The van der Waals surface area contributed by atoms with Crippen LogP contribution in [0.3, 0.4) is 0 Å². The van der Waals surface area contributed by atoms with E-state index in [1.54, 1.807) is 24.4 Å². The van der Waals surface area contributed by atoms with Gasteiger partial charge in [-0.1, -0.05) is 11.6 Å². The van der Waals surface area contributed by atoms with E-state index in [9.17, 15) is 14.4 Å². The molecule has 0 atom stereocenters. The van der Waals surface area contributed by atoms with E-state index in [0.29, 0.717) is 28.7 Å². The number of anilines is 2. The highest BCUT2D eigenvalue weighted by Crippen LogP contribution is 2.35. The molecule has 27 heavy (non-hydrogen) atoms. The number of thiazole rings is 1. The number of nitrogens with one attached hydrogen (secondary N) is 2. The first-order valence-corrected chi connectivity index (χ1v) is 9.67. The van der Waals surface area contributed by atoms with Crippen molar-refractivity contribution in [2.75, 3.05) is 17.2 Å². The molecule has 8 heteroatoms. The molecule has 0 saturated heterocycles. The molecule has 0 aliphatic heterocycles. The van der Waals surface area contributed by atoms with Crippen molar-refractivity contribution in [2.24, 2.45) is 5.92 Å². The third-order valence-corrected chi connectivity index (χ3v) is 4.85. The Labute approximate surface area is 161 Å². The first kappa shape index (κ1) is 19.0. The van der Waals surface area contributed by atoms with Crippen LogP contribution >= 0.6 is 11.3 Å². The maximum atomic E-state index is 12.5. The topological polar surface area (TPSA) is 97.4 Å². The average molecular weight is 387 g/mol. The van der Waals surface area contributed by atoms with Gasteiger partial charge < -0.3 is 10.1 Å². The Bertz CT molecular complexity index is 874. The minimum Gasteiger partial charge on any atom is -0.466 e. The maximum absolute atomic E-state index is 12.5. The quantitative estimate of drug-likeness (QED) is 0.556. The van der Waals surface area contributed by atoms with Crippen LogP contribution in [0.1, 0.15) is 41.4 Å². The largest absolute Gasteiger partial charge is 0.466 e. The SMILES string of the molecule is CCOC(=O)Cc1csc(NC(=O)Nc2ccc(C)cc2C(=O)C2CC2)n1. The van der Waals surface area contributed by atoms with Crippen LogP contribution in [0.15, 0.2) is 23.6 Å². The van der Waals surface area contributed by atoms with Gasteiger partial charge in [-0.2, -0.15) is 0 Å². The number of amides is 2. The van der Waals surface area contributed by atoms with Crippen LogP contribution in [0, 0.1) is 12.8 Å². The predicted molar refractivity (Wildman–Crippen MR) is 103 cm³/mol. The number of aromatic nitrogens is 1. The molecule has 1 heterocycles. The molecule has 2 N–H and O–H groups in total. The number of aryl methyl sites for hydroxylation is 1. The van der Waals surface area contributed by atoms with Crippen LogP contribution in [-0.2, 0) is 16.0 Å². The number of hydrogen-bond acceptors (Lipinski definition) is 6. The summed E-state index contributed by atoms with van der Waals surface area (Å²) in [6.07, 6.45) is 1.87.